The molecule has 0 spiro atoms. The van der Waals surface area contributed by atoms with Crippen molar-refractivity contribution in [3.63, 3.8) is 0 Å². The number of fused-ring (bicyclic) bond motifs is 1. The standard InChI is InChI=1S/C12H9NO3S2/c1-17-12-13-8(11(14)18-12)4-7-2-3-9-10(5-7)16-6-15-9/h2-5H,6H2,1H3/b8-4-. The average Bonchev–Trinajstić information content (AvgIpc) is 2.96. The Morgan fingerprint density at radius 1 is 1.39 bits per heavy atom. The molecule has 0 bridgehead atoms. The predicted molar refractivity (Wildman–Crippen MR) is 74.1 cm³/mol. The van der Waals surface area contributed by atoms with Gasteiger partial charge in [0.1, 0.15) is 10.1 Å². The zero-order valence-electron chi connectivity index (χ0n) is 9.50. The van der Waals surface area contributed by atoms with Crippen molar-refractivity contribution in [2.24, 2.45) is 4.99 Å². The molecule has 92 valence electrons. The number of aliphatic imine (C=N–C) groups is 1. The lowest BCUT2D eigenvalue weighted by molar-refractivity contribution is -0.107. The van der Waals surface area contributed by atoms with E-state index in [1.807, 2.05) is 24.5 Å². The Labute approximate surface area is 112 Å². The van der Waals surface area contributed by atoms with Crippen LogP contribution in [0.5, 0.6) is 11.5 Å². The third-order valence-electron chi connectivity index (χ3n) is 2.48. The van der Waals surface area contributed by atoms with Crippen LogP contribution in [0, 0.1) is 0 Å². The number of benzene rings is 1. The molecule has 0 saturated carbocycles. The van der Waals surface area contributed by atoms with Gasteiger partial charge in [0.15, 0.2) is 11.5 Å². The van der Waals surface area contributed by atoms with E-state index in [9.17, 15) is 4.79 Å². The van der Waals surface area contributed by atoms with Crippen LogP contribution in [-0.4, -0.2) is 22.5 Å². The first kappa shape index (κ1) is 11.7. The third kappa shape index (κ3) is 2.13. The first-order valence-corrected chi connectivity index (χ1v) is 7.26. The van der Waals surface area contributed by atoms with Crippen LogP contribution in [0.15, 0.2) is 28.9 Å². The molecule has 18 heavy (non-hydrogen) atoms. The number of carbonyl (C=O) groups excluding carboxylic acids is 1. The van der Waals surface area contributed by atoms with Gasteiger partial charge >= 0.3 is 0 Å². The summed E-state index contributed by atoms with van der Waals surface area (Å²) in [5.74, 6) is 1.44. The molecule has 0 radical (unpaired) electrons. The topological polar surface area (TPSA) is 47.9 Å². The summed E-state index contributed by atoms with van der Waals surface area (Å²) < 4.78 is 11.3. The summed E-state index contributed by atoms with van der Waals surface area (Å²) in [7, 11) is 0. The van der Waals surface area contributed by atoms with Gasteiger partial charge in [0.2, 0.25) is 11.9 Å². The fourth-order valence-corrected chi connectivity index (χ4v) is 2.90. The van der Waals surface area contributed by atoms with Gasteiger partial charge in [-0.2, -0.15) is 0 Å². The van der Waals surface area contributed by atoms with Gasteiger partial charge in [0.05, 0.1) is 0 Å². The molecular formula is C12H9NO3S2. The quantitative estimate of drug-likeness (QED) is 0.740. The van der Waals surface area contributed by atoms with Crippen LogP contribution in [0.3, 0.4) is 0 Å². The Balaban J connectivity index is 1.92. The molecule has 0 atom stereocenters. The minimum atomic E-state index is -0.0167. The number of carbonyl (C=O) groups is 1. The smallest absolute Gasteiger partial charge is 0.244 e. The highest BCUT2D eigenvalue weighted by atomic mass is 32.2. The van der Waals surface area contributed by atoms with Crippen LogP contribution in [0.2, 0.25) is 0 Å². The van der Waals surface area contributed by atoms with E-state index >= 15 is 0 Å². The van der Waals surface area contributed by atoms with Crippen LogP contribution >= 0.6 is 23.5 Å². The zero-order chi connectivity index (χ0) is 12.5. The number of rotatable bonds is 1. The molecule has 1 aromatic rings. The zero-order valence-corrected chi connectivity index (χ0v) is 11.1. The van der Waals surface area contributed by atoms with Gasteiger partial charge < -0.3 is 9.47 Å². The van der Waals surface area contributed by atoms with Crippen molar-refractivity contribution in [2.75, 3.05) is 13.0 Å². The summed E-state index contributed by atoms with van der Waals surface area (Å²) in [4.78, 5) is 16.0. The van der Waals surface area contributed by atoms with Crippen LogP contribution in [0.25, 0.3) is 6.08 Å². The van der Waals surface area contributed by atoms with E-state index in [0.29, 0.717) is 11.4 Å². The largest absolute Gasteiger partial charge is 0.454 e. The van der Waals surface area contributed by atoms with E-state index < -0.39 is 0 Å². The van der Waals surface area contributed by atoms with Crippen molar-refractivity contribution < 1.29 is 14.3 Å². The minimum Gasteiger partial charge on any atom is -0.454 e. The molecule has 0 aliphatic carbocycles. The Morgan fingerprint density at radius 3 is 3.00 bits per heavy atom. The maximum atomic E-state index is 11.7. The Bertz CT molecular complexity index is 581. The van der Waals surface area contributed by atoms with Crippen LogP contribution in [0.1, 0.15) is 5.56 Å². The van der Waals surface area contributed by atoms with Crippen molar-refractivity contribution in [3.05, 3.63) is 29.5 Å². The molecule has 1 aromatic carbocycles. The number of hydrogen-bond acceptors (Lipinski definition) is 6. The molecule has 0 fully saturated rings. The molecule has 0 N–H and O–H groups in total. The van der Waals surface area contributed by atoms with Gasteiger partial charge in [-0.3, -0.25) is 4.79 Å². The van der Waals surface area contributed by atoms with Crippen LogP contribution < -0.4 is 9.47 Å². The Kier molecular flexibility index (Phi) is 3.05. The lowest BCUT2D eigenvalue weighted by Gasteiger charge is -1.98. The molecule has 4 nitrogen and oxygen atoms in total. The van der Waals surface area contributed by atoms with Crippen molar-refractivity contribution in [3.8, 4) is 11.5 Å². The fourth-order valence-electron chi connectivity index (χ4n) is 1.64. The van der Waals surface area contributed by atoms with Crippen molar-refractivity contribution in [2.45, 2.75) is 0 Å². The monoisotopic (exact) mass is 279 g/mol. The second-order valence-electron chi connectivity index (χ2n) is 3.61. The highest BCUT2D eigenvalue weighted by Crippen LogP contribution is 2.34. The van der Waals surface area contributed by atoms with Crippen LogP contribution in [-0.2, 0) is 4.79 Å². The number of ether oxygens (including phenoxy) is 2. The maximum absolute atomic E-state index is 11.7. The van der Waals surface area contributed by atoms with Gasteiger partial charge in [-0.05, 0) is 41.8 Å². The minimum absolute atomic E-state index is 0.0167. The third-order valence-corrected chi connectivity index (χ3v) is 4.33. The van der Waals surface area contributed by atoms with Gasteiger partial charge in [-0.25, -0.2) is 4.99 Å². The summed E-state index contributed by atoms with van der Waals surface area (Å²) in [6.45, 7) is 0.249. The lowest BCUT2D eigenvalue weighted by atomic mass is 10.2. The van der Waals surface area contributed by atoms with Crippen molar-refractivity contribution in [1.29, 1.82) is 0 Å². The second kappa shape index (κ2) is 4.70. The second-order valence-corrected chi connectivity index (χ2v) is 5.63. The summed E-state index contributed by atoms with van der Waals surface area (Å²) >= 11 is 2.65. The highest BCUT2D eigenvalue weighted by Gasteiger charge is 2.21. The first-order chi connectivity index (χ1) is 8.76. The number of hydrogen-bond donors (Lipinski definition) is 0. The molecule has 0 aromatic heterocycles. The summed E-state index contributed by atoms with van der Waals surface area (Å²) in [5, 5.41) is -0.0167. The van der Waals surface area contributed by atoms with Gasteiger partial charge in [0, 0.05) is 0 Å². The highest BCUT2D eigenvalue weighted by molar-refractivity contribution is 8.45. The summed E-state index contributed by atoms with van der Waals surface area (Å²) in [5.41, 5.74) is 1.36. The van der Waals surface area contributed by atoms with E-state index in [1.54, 1.807) is 6.08 Å². The molecule has 0 unspecified atom stereocenters. The van der Waals surface area contributed by atoms with Crippen LogP contribution in [0.4, 0.5) is 0 Å². The van der Waals surface area contributed by atoms with E-state index in [2.05, 4.69) is 4.99 Å². The molecule has 6 heteroatoms. The molecule has 0 saturated heterocycles. The van der Waals surface area contributed by atoms with Crippen molar-refractivity contribution in [1.82, 2.24) is 0 Å². The summed E-state index contributed by atoms with van der Waals surface area (Å²) in [6.07, 6.45) is 3.67. The predicted octanol–water partition coefficient (Wildman–Crippen LogP) is 2.75. The summed E-state index contributed by atoms with van der Waals surface area (Å²) in [6, 6.07) is 5.56. The molecule has 3 rings (SSSR count). The SMILES string of the molecule is CSC1=N/C(=C\c2ccc3c(c2)OCO3)C(=O)S1. The number of thioether (sulfide) groups is 2. The Hall–Kier alpha value is -1.40. The van der Waals surface area contributed by atoms with E-state index in [1.165, 1.54) is 23.5 Å². The van der Waals surface area contributed by atoms with Gasteiger partial charge in [0.25, 0.3) is 0 Å². The average molecular weight is 279 g/mol. The molecular weight excluding hydrogens is 270 g/mol. The normalized spacial score (nSPS) is 19.5. The van der Waals surface area contributed by atoms with Crippen molar-refractivity contribution >= 4 is 39.1 Å². The maximum Gasteiger partial charge on any atom is 0.244 e. The van der Waals surface area contributed by atoms with E-state index in [-0.39, 0.29) is 11.9 Å². The first-order valence-electron chi connectivity index (χ1n) is 5.22. The molecule has 2 aliphatic rings. The number of nitrogens with zero attached hydrogens (tertiary/aromatic N) is 1. The molecule has 2 heterocycles. The fraction of sp³-hybridized carbons (Fsp3) is 0.167. The van der Waals surface area contributed by atoms with Gasteiger partial charge in [-0.15, -0.1) is 11.8 Å². The van der Waals surface area contributed by atoms with E-state index in [0.717, 1.165) is 15.7 Å². The molecule has 2 aliphatic heterocycles. The Morgan fingerprint density at radius 2 is 2.22 bits per heavy atom. The van der Waals surface area contributed by atoms with Gasteiger partial charge in [-0.1, -0.05) is 6.07 Å². The van der Waals surface area contributed by atoms with E-state index in [4.69, 9.17) is 9.47 Å². The molecule has 0 amide bonds. The lowest BCUT2D eigenvalue weighted by Crippen LogP contribution is -1.92.